The van der Waals surface area contributed by atoms with Crippen molar-refractivity contribution in [3.8, 4) is 16.2 Å². The standard InChI is InChI=1S/C38H43FN2O3S/c1-6-7-21-44-36(26(2)3)31-25-41(23-28-17-11-13-19-32(28)39)38-34(35(31)42)30(24-40(4)22-27-15-9-8-10-16-27)37(45-38)29-18-12-14-20-33(29)43-5/h8-20,25-26,36H,6-7,21-24H2,1-5H3. The summed E-state index contributed by atoms with van der Waals surface area (Å²) in [6.07, 6.45) is 3.45. The predicted molar refractivity (Wildman–Crippen MR) is 184 cm³/mol. The van der Waals surface area contributed by atoms with Crippen LogP contribution in [0.5, 0.6) is 5.75 Å². The van der Waals surface area contributed by atoms with Gasteiger partial charge in [0, 0.05) is 47.5 Å². The smallest absolute Gasteiger partial charge is 0.196 e. The van der Waals surface area contributed by atoms with Crippen molar-refractivity contribution in [1.82, 2.24) is 9.47 Å². The van der Waals surface area contributed by atoms with Crippen molar-refractivity contribution in [3.05, 3.63) is 123 Å². The minimum absolute atomic E-state index is 0.0227. The molecule has 5 aromatic rings. The summed E-state index contributed by atoms with van der Waals surface area (Å²) in [5.41, 5.74) is 4.23. The summed E-state index contributed by atoms with van der Waals surface area (Å²) in [4.78, 5) is 18.8. The van der Waals surface area contributed by atoms with Gasteiger partial charge >= 0.3 is 0 Å². The van der Waals surface area contributed by atoms with E-state index in [0.717, 1.165) is 46.0 Å². The van der Waals surface area contributed by atoms with Gasteiger partial charge in [0.25, 0.3) is 0 Å². The zero-order valence-corrected chi connectivity index (χ0v) is 27.7. The van der Waals surface area contributed by atoms with Crippen LogP contribution in [0, 0.1) is 11.7 Å². The number of benzene rings is 3. The molecule has 3 aromatic carbocycles. The maximum absolute atomic E-state index is 15.1. The Balaban J connectivity index is 1.76. The normalized spacial score (nSPS) is 12.4. The van der Waals surface area contributed by atoms with Gasteiger partial charge in [-0.2, -0.15) is 0 Å². The first-order valence-electron chi connectivity index (χ1n) is 15.7. The molecule has 0 bridgehead atoms. The molecule has 0 aliphatic carbocycles. The number of nitrogens with zero attached hydrogens (tertiary/aromatic N) is 2. The molecule has 2 heterocycles. The number of aromatic nitrogens is 1. The van der Waals surface area contributed by atoms with Crippen molar-refractivity contribution in [1.29, 1.82) is 0 Å². The molecule has 45 heavy (non-hydrogen) atoms. The Kier molecular flexibility index (Phi) is 10.9. The Hall–Kier alpha value is -3.78. The molecule has 2 aromatic heterocycles. The fourth-order valence-electron chi connectivity index (χ4n) is 5.87. The van der Waals surface area contributed by atoms with Crippen LogP contribution in [0.15, 0.2) is 89.9 Å². The maximum Gasteiger partial charge on any atom is 0.196 e. The highest BCUT2D eigenvalue weighted by molar-refractivity contribution is 7.22. The highest BCUT2D eigenvalue weighted by Crippen LogP contribution is 2.43. The molecule has 0 spiro atoms. The molecule has 0 saturated heterocycles. The molecular formula is C38H43FN2O3S. The van der Waals surface area contributed by atoms with Crippen molar-refractivity contribution >= 4 is 21.6 Å². The van der Waals surface area contributed by atoms with Gasteiger partial charge in [-0.25, -0.2) is 4.39 Å². The third-order valence-electron chi connectivity index (χ3n) is 8.11. The van der Waals surface area contributed by atoms with Crippen molar-refractivity contribution in [2.24, 2.45) is 5.92 Å². The lowest BCUT2D eigenvalue weighted by molar-refractivity contribution is 0.0185. The lowest BCUT2D eigenvalue weighted by atomic mass is 9.97. The third kappa shape index (κ3) is 7.38. The van der Waals surface area contributed by atoms with Gasteiger partial charge in [-0.05, 0) is 48.7 Å². The van der Waals surface area contributed by atoms with Crippen LogP contribution >= 0.6 is 11.3 Å². The monoisotopic (exact) mass is 626 g/mol. The lowest BCUT2D eigenvalue weighted by Gasteiger charge is -2.23. The molecule has 7 heteroatoms. The maximum atomic E-state index is 15.1. The van der Waals surface area contributed by atoms with E-state index in [1.165, 1.54) is 11.6 Å². The number of hydrogen-bond acceptors (Lipinski definition) is 5. The van der Waals surface area contributed by atoms with E-state index in [9.17, 15) is 4.79 Å². The van der Waals surface area contributed by atoms with Crippen LogP contribution in [0.3, 0.4) is 0 Å². The lowest BCUT2D eigenvalue weighted by Crippen LogP contribution is -2.24. The van der Waals surface area contributed by atoms with Crippen molar-refractivity contribution in [3.63, 3.8) is 0 Å². The molecule has 236 valence electrons. The van der Waals surface area contributed by atoms with Crippen LogP contribution in [0.1, 0.15) is 62.0 Å². The summed E-state index contributed by atoms with van der Waals surface area (Å²) in [5.74, 6) is 0.549. The molecule has 0 aliphatic heterocycles. The average molecular weight is 627 g/mol. The molecule has 5 nitrogen and oxygen atoms in total. The van der Waals surface area contributed by atoms with E-state index in [1.54, 1.807) is 30.6 Å². The van der Waals surface area contributed by atoms with Crippen LogP contribution in [-0.2, 0) is 24.4 Å². The molecule has 0 radical (unpaired) electrons. The van der Waals surface area contributed by atoms with Crippen molar-refractivity contribution in [2.75, 3.05) is 20.8 Å². The minimum atomic E-state index is -0.384. The summed E-state index contributed by atoms with van der Waals surface area (Å²) in [5, 5.41) is 0.666. The average Bonchev–Trinajstić information content (AvgIpc) is 3.41. The number of thiophene rings is 1. The Morgan fingerprint density at radius 2 is 1.67 bits per heavy atom. The van der Waals surface area contributed by atoms with E-state index in [0.29, 0.717) is 36.2 Å². The fraction of sp³-hybridized carbons (Fsp3) is 0.342. The largest absolute Gasteiger partial charge is 0.496 e. The highest BCUT2D eigenvalue weighted by Gasteiger charge is 2.28. The Morgan fingerprint density at radius 3 is 2.38 bits per heavy atom. The van der Waals surface area contributed by atoms with Gasteiger partial charge in [-0.1, -0.05) is 87.9 Å². The highest BCUT2D eigenvalue weighted by atomic mass is 32.1. The number of rotatable bonds is 14. The molecule has 1 unspecified atom stereocenters. The molecule has 0 saturated carbocycles. The quantitative estimate of drug-likeness (QED) is 0.115. The fourth-order valence-corrected chi connectivity index (χ4v) is 7.18. The molecule has 0 N–H and O–H groups in total. The number of halogens is 1. The van der Waals surface area contributed by atoms with Gasteiger partial charge in [0.1, 0.15) is 16.4 Å². The molecule has 0 fully saturated rings. The molecule has 5 rings (SSSR count). The molecule has 1 atom stereocenters. The second-order valence-corrected chi connectivity index (χ2v) is 13.0. The summed E-state index contributed by atoms with van der Waals surface area (Å²) in [6, 6.07) is 25.1. The van der Waals surface area contributed by atoms with Crippen molar-refractivity contribution < 1.29 is 13.9 Å². The van der Waals surface area contributed by atoms with Crippen LogP contribution in [0.4, 0.5) is 4.39 Å². The number of fused-ring (bicyclic) bond motifs is 1. The van der Waals surface area contributed by atoms with Crippen LogP contribution in [-0.4, -0.2) is 30.2 Å². The first kappa shape index (κ1) is 32.6. The first-order chi connectivity index (χ1) is 21.8. The van der Waals surface area contributed by atoms with Gasteiger partial charge < -0.3 is 14.0 Å². The number of pyridine rings is 1. The minimum Gasteiger partial charge on any atom is -0.496 e. The summed E-state index contributed by atoms with van der Waals surface area (Å²) in [7, 11) is 3.75. The third-order valence-corrected chi connectivity index (χ3v) is 9.42. The Labute approximate surface area is 269 Å². The van der Waals surface area contributed by atoms with E-state index in [1.807, 2.05) is 59.3 Å². The van der Waals surface area contributed by atoms with Gasteiger partial charge in [-0.3, -0.25) is 9.69 Å². The van der Waals surface area contributed by atoms with Crippen LogP contribution in [0.2, 0.25) is 0 Å². The number of hydrogen-bond donors (Lipinski definition) is 0. The SMILES string of the molecule is CCCCOC(c1cn(Cc2ccccc2F)c2sc(-c3ccccc3OC)c(CN(C)Cc3ccccc3)c2c1=O)C(C)C. The van der Waals surface area contributed by atoms with E-state index in [-0.39, 0.29) is 23.3 Å². The van der Waals surface area contributed by atoms with E-state index < -0.39 is 0 Å². The first-order valence-corrected chi connectivity index (χ1v) is 16.5. The van der Waals surface area contributed by atoms with Gasteiger partial charge in [0.2, 0.25) is 0 Å². The van der Waals surface area contributed by atoms with Crippen LogP contribution in [0.25, 0.3) is 20.7 Å². The van der Waals surface area contributed by atoms with Gasteiger partial charge in [0.15, 0.2) is 5.43 Å². The van der Waals surface area contributed by atoms with Gasteiger partial charge in [0.05, 0.1) is 25.1 Å². The topological polar surface area (TPSA) is 43.7 Å². The second-order valence-electron chi connectivity index (χ2n) is 12.0. The number of unbranched alkanes of at least 4 members (excludes halogenated alkanes) is 1. The van der Waals surface area contributed by atoms with Gasteiger partial charge in [-0.15, -0.1) is 11.3 Å². The van der Waals surface area contributed by atoms with E-state index >= 15 is 4.39 Å². The number of methoxy groups -OCH3 is 1. The Morgan fingerprint density at radius 1 is 0.956 bits per heavy atom. The molecule has 0 aliphatic rings. The number of ether oxygens (including phenoxy) is 2. The zero-order valence-electron chi connectivity index (χ0n) is 26.9. The van der Waals surface area contributed by atoms with Crippen LogP contribution < -0.4 is 10.2 Å². The van der Waals surface area contributed by atoms with Crippen molar-refractivity contribution in [2.45, 2.75) is 59.4 Å². The zero-order chi connectivity index (χ0) is 31.9. The summed E-state index contributed by atoms with van der Waals surface area (Å²) >= 11 is 1.56. The molecule has 0 amide bonds. The van der Waals surface area contributed by atoms with E-state index in [4.69, 9.17) is 9.47 Å². The summed E-state index contributed by atoms with van der Waals surface area (Å²) in [6.45, 7) is 8.44. The van der Waals surface area contributed by atoms with E-state index in [2.05, 4.69) is 44.9 Å². The Bertz CT molecular complexity index is 1780. The summed E-state index contributed by atoms with van der Waals surface area (Å²) < 4.78 is 29.3. The number of para-hydroxylation sites is 1. The predicted octanol–water partition coefficient (Wildman–Crippen LogP) is 9.07. The second kappa shape index (κ2) is 15.0. The molecular weight excluding hydrogens is 583 g/mol.